The maximum absolute atomic E-state index is 12.1. The number of aliphatic hydroxyl groups excluding tert-OH is 1. The molecule has 2 atom stereocenters. The molecule has 0 aliphatic rings. The number of hydrogen-bond donors (Lipinski definition) is 3. The molecule has 118 valence electrons. The van der Waals surface area contributed by atoms with Crippen LogP contribution in [0.15, 0.2) is 65.6 Å². The number of nitrogens with two attached hydrogens (primary N) is 1. The third kappa shape index (κ3) is 4.64. The summed E-state index contributed by atoms with van der Waals surface area (Å²) in [5.74, 6) is 0. The van der Waals surface area contributed by atoms with E-state index in [-0.39, 0.29) is 11.4 Å². The fourth-order valence-electron chi connectivity index (χ4n) is 2.05. The van der Waals surface area contributed by atoms with Gasteiger partial charge in [0.1, 0.15) is 0 Å². The van der Waals surface area contributed by atoms with Crippen LogP contribution < -0.4 is 10.5 Å². The highest BCUT2D eigenvalue weighted by Crippen LogP contribution is 2.08. The zero-order valence-corrected chi connectivity index (χ0v) is 12.9. The van der Waals surface area contributed by atoms with Crippen LogP contribution in [-0.4, -0.2) is 32.2 Å². The van der Waals surface area contributed by atoms with E-state index in [1.807, 2.05) is 30.3 Å². The Bertz CT molecular complexity index is 675. The highest BCUT2D eigenvalue weighted by molar-refractivity contribution is 7.89. The summed E-state index contributed by atoms with van der Waals surface area (Å²) >= 11 is 0. The van der Waals surface area contributed by atoms with Crippen molar-refractivity contribution in [3.05, 3.63) is 66.2 Å². The molecule has 0 radical (unpaired) electrons. The van der Waals surface area contributed by atoms with Crippen LogP contribution in [0.25, 0.3) is 0 Å². The summed E-state index contributed by atoms with van der Waals surface area (Å²) in [6.07, 6.45) is -0.478. The molecule has 0 saturated carbocycles. The van der Waals surface area contributed by atoms with Crippen molar-refractivity contribution >= 4 is 10.0 Å². The Morgan fingerprint density at radius 1 is 1.00 bits per heavy atom. The molecule has 0 heterocycles. The molecule has 0 saturated heterocycles. The number of rotatable bonds is 7. The average Bonchev–Trinajstić information content (AvgIpc) is 2.54. The summed E-state index contributed by atoms with van der Waals surface area (Å²) in [4.78, 5) is 0.166. The van der Waals surface area contributed by atoms with Crippen molar-refractivity contribution < 1.29 is 13.5 Å². The highest BCUT2D eigenvalue weighted by Gasteiger charge is 2.19. The lowest BCUT2D eigenvalue weighted by Crippen LogP contribution is -2.44. The lowest BCUT2D eigenvalue weighted by atomic mass is 10.0. The molecule has 1 unspecified atom stereocenters. The average molecular weight is 320 g/mol. The molecule has 22 heavy (non-hydrogen) atoms. The van der Waals surface area contributed by atoms with E-state index in [0.29, 0.717) is 6.42 Å². The Labute approximate surface area is 130 Å². The van der Waals surface area contributed by atoms with Crippen molar-refractivity contribution in [1.29, 1.82) is 0 Å². The summed E-state index contributed by atoms with van der Waals surface area (Å²) < 4.78 is 26.5. The molecule has 6 heteroatoms. The number of nitrogens with one attached hydrogen (secondary N) is 1. The first kappa shape index (κ1) is 16.6. The molecule has 2 aromatic carbocycles. The molecule has 0 aromatic heterocycles. The molecule has 5 nitrogen and oxygen atoms in total. The summed E-state index contributed by atoms with van der Waals surface area (Å²) in [6, 6.07) is 17.0. The molecule has 0 amide bonds. The van der Waals surface area contributed by atoms with Gasteiger partial charge in [0.15, 0.2) is 0 Å². The molecular formula is C16H20N2O3S. The van der Waals surface area contributed by atoms with E-state index < -0.39 is 22.2 Å². The van der Waals surface area contributed by atoms with Crippen LogP contribution in [0.1, 0.15) is 5.56 Å². The first-order chi connectivity index (χ1) is 10.5. The molecule has 0 fully saturated rings. The monoisotopic (exact) mass is 320 g/mol. The van der Waals surface area contributed by atoms with Crippen molar-refractivity contribution in [2.75, 3.05) is 6.54 Å². The Kier molecular flexibility index (Phi) is 5.68. The van der Waals surface area contributed by atoms with E-state index in [1.54, 1.807) is 18.2 Å². The second-order valence-electron chi connectivity index (χ2n) is 5.09. The molecule has 0 spiro atoms. The van der Waals surface area contributed by atoms with Gasteiger partial charge in [-0.2, -0.15) is 0 Å². The zero-order valence-electron chi connectivity index (χ0n) is 12.1. The summed E-state index contributed by atoms with van der Waals surface area (Å²) in [7, 11) is -3.63. The van der Waals surface area contributed by atoms with E-state index >= 15 is 0 Å². The van der Waals surface area contributed by atoms with E-state index in [2.05, 4.69) is 4.72 Å². The van der Waals surface area contributed by atoms with Gasteiger partial charge in [-0.25, -0.2) is 13.1 Å². The number of hydrogen-bond acceptors (Lipinski definition) is 4. The Morgan fingerprint density at radius 3 is 2.14 bits per heavy atom. The number of sulfonamides is 1. The Hall–Kier alpha value is -1.73. The number of benzene rings is 2. The van der Waals surface area contributed by atoms with Gasteiger partial charge < -0.3 is 10.8 Å². The maximum Gasteiger partial charge on any atom is 0.240 e. The zero-order chi connectivity index (χ0) is 16.0. The van der Waals surface area contributed by atoms with Crippen LogP contribution in [0.3, 0.4) is 0 Å². The van der Waals surface area contributed by atoms with Gasteiger partial charge in [0.2, 0.25) is 10.0 Å². The second kappa shape index (κ2) is 7.51. The van der Waals surface area contributed by atoms with Crippen LogP contribution in [0.4, 0.5) is 0 Å². The van der Waals surface area contributed by atoms with Crippen LogP contribution >= 0.6 is 0 Å². The van der Waals surface area contributed by atoms with Crippen LogP contribution in [0, 0.1) is 0 Å². The van der Waals surface area contributed by atoms with Gasteiger partial charge in [-0.05, 0) is 24.1 Å². The summed E-state index contributed by atoms with van der Waals surface area (Å²) in [6.45, 7) is -0.120. The van der Waals surface area contributed by atoms with Crippen molar-refractivity contribution in [2.24, 2.45) is 5.73 Å². The van der Waals surface area contributed by atoms with E-state index in [9.17, 15) is 13.5 Å². The molecular weight excluding hydrogens is 300 g/mol. The molecule has 0 aliphatic carbocycles. The van der Waals surface area contributed by atoms with Gasteiger partial charge in [0, 0.05) is 12.6 Å². The predicted octanol–water partition coefficient (Wildman–Crippen LogP) is 0.896. The van der Waals surface area contributed by atoms with Crippen LogP contribution in [0.5, 0.6) is 0 Å². The first-order valence-electron chi connectivity index (χ1n) is 7.01. The Balaban J connectivity index is 1.91. The van der Waals surface area contributed by atoms with Crippen molar-refractivity contribution in [1.82, 2.24) is 4.72 Å². The minimum atomic E-state index is -3.63. The third-order valence-corrected chi connectivity index (χ3v) is 4.78. The predicted molar refractivity (Wildman–Crippen MR) is 85.8 cm³/mol. The SMILES string of the molecule is N[C@@H](Cc1ccccc1)C(O)CNS(=O)(=O)c1ccccc1. The molecule has 4 N–H and O–H groups in total. The van der Waals surface area contributed by atoms with E-state index in [1.165, 1.54) is 12.1 Å². The van der Waals surface area contributed by atoms with Crippen molar-refractivity contribution in [3.8, 4) is 0 Å². The van der Waals surface area contributed by atoms with E-state index in [4.69, 9.17) is 5.73 Å². The van der Waals surface area contributed by atoms with Gasteiger partial charge >= 0.3 is 0 Å². The summed E-state index contributed by atoms with van der Waals surface area (Å²) in [5, 5.41) is 10.0. The molecule has 2 rings (SSSR count). The topological polar surface area (TPSA) is 92.4 Å². The molecule has 2 aromatic rings. The lowest BCUT2D eigenvalue weighted by molar-refractivity contribution is 0.148. The van der Waals surface area contributed by atoms with Gasteiger partial charge in [0.05, 0.1) is 11.0 Å². The Morgan fingerprint density at radius 2 is 1.55 bits per heavy atom. The van der Waals surface area contributed by atoms with E-state index in [0.717, 1.165) is 5.56 Å². The summed E-state index contributed by atoms with van der Waals surface area (Å²) in [5.41, 5.74) is 6.93. The number of aliphatic hydroxyl groups is 1. The fraction of sp³-hybridized carbons (Fsp3) is 0.250. The van der Waals surface area contributed by atoms with Crippen molar-refractivity contribution in [3.63, 3.8) is 0 Å². The van der Waals surface area contributed by atoms with Crippen molar-refractivity contribution in [2.45, 2.75) is 23.5 Å². The molecule has 0 bridgehead atoms. The van der Waals surface area contributed by atoms with Gasteiger partial charge in [-0.3, -0.25) is 0 Å². The minimum absolute atomic E-state index is 0.120. The first-order valence-corrected chi connectivity index (χ1v) is 8.49. The second-order valence-corrected chi connectivity index (χ2v) is 6.85. The normalized spacial score (nSPS) is 14.5. The lowest BCUT2D eigenvalue weighted by Gasteiger charge is -2.19. The highest BCUT2D eigenvalue weighted by atomic mass is 32.2. The third-order valence-electron chi connectivity index (χ3n) is 3.34. The largest absolute Gasteiger partial charge is 0.390 e. The smallest absolute Gasteiger partial charge is 0.240 e. The minimum Gasteiger partial charge on any atom is -0.390 e. The van der Waals surface area contributed by atoms with Crippen LogP contribution in [0.2, 0.25) is 0 Å². The standard InChI is InChI=1S/C16H20N2O3S/c17-15(11-13-7-3-1-4-8-13)16(19)12-18-22(20,21)14-9-5-2-6-10-14/h1-10,15-16,18-19H,11-12,17H2/t15-,16?/m0/s1. The van der Waals surface area contributed by atoms with Crippen LogP contribution in [-0.2, 0) is 16.4 Å². The fourth-order valence-corrected chi connectivity index (χ4v) is 3.12. The quantitative estimate of drug-likeness (QED) is 0.706. The maximum atomic E-state index is 12.1. The van der Waals surface area contributed by atoms with Gasteiger partial charge in [-0.1, -0.05) is 48.5 Å². The van der Waals surface area contributed by atoms with Gasteiger partial charge in [0.25, 0.3) is 0 Å². The molecule has 0 aliphatic heterocycles. The van der Waals surface area contributed by atoms with Gasteiger partial charge in [-0.15, -0.1) is 0 Å².